The molecule has 1 aromatic heterocycles. The molecule has 1 heterocycles. The molecule has 2 N–H and O–H groups in total. The first-order valence-corrected chi connectivity index (χ1v) is 9.77. The fraction of sp³-hybridized carbons (Fsp3) is 0.476. The van der Waals surface area contributed by atoms with Crippen molar-refractivity contribution >= 4 is 17.4 Å². The van der Waals surface area contributed by atoms with Gasteiger partial charge in [-0.1, -0.05) is 25.7 Å². The van der Waals surface area contributed by atoms with E-state index in [-0.39, 0.29) is 12.0 Å². The second-order valence-corrected chi connectivity index (χ2v) is 7.27. The van der Waals surface area contributed by atoms with Gasteiger partial charge in [-0.3, -0.25) is 4.79 Å². The SMILES string of the molecule is CC(C)Oc1ccc(NC(=O)c2cc(NC3CCCCCC3)ncn2)cc1. The van der Waals surface area contributed by atoms with Crippen LogP contribution in [0.4, 0.5) is 11.5 Å². The van der Waals surface area contributed by atoms with E-state index in [1.807, 2.05) is 38.1 Å². The normalized spacial score (nSPS) is 15.2. The standard InChI is InChI=1S/C21H28N4O2/c1-15(2)27-18-11-9-17(10-12-18)25-21(26)19-13-20(23-14-22-19)24-16-7-5-3-4-6-8-16/h9-16H,3-8H2,1-2H3,(H,25,26)(H,22,23,24). The van der Waals surface area contributed by atoms with Gasteiger partial charge in [0.2, 0.25) is 0 Å². The second-order valence-electron chi connectivity index (χ2n) is 7.27. The van der Waals surface area contributed by atoms with E-state index in [1.165, 1.54) is 32.0 Å². The molecule has 2 aromatic rings. The Kier molecular flexibility index (Phi) is 6.63. The van der Waals surface area contributed by atoms with Gasteiger partial charge in [0.05, 0.1) is 6.10 Å². The van der Waals surface area contributed by atoms with Crippen molar-refractivity contribution in [2.45, 2.75) is 64.5 Å². The molecule has 0 saturated heterocycles. The summed E-state index contributed by atoms with van der Waals surface area (Å²) in [4.78, 5) is 20.9. The Hall–Kier alpha value is -2.63. The molecule has 27 heavy (non-hydrogen) atoms. The van der Waals surface area contributed by atoms with Crippen molar-refractivity contribution in [3.05, 3.63) is 42.4 Å². The topological polar surface area (TPSA) is 76.1 Å². The summed E-state index contributed by atoms with van der Waals surface area (Å²) in [6, 6.07) is 9.47. The molecule has 3 rings (SSSR count). The summed E-state index contributed by atoms with van der Waals surface area (Å²) in [5.41, 5.74) is 1.05. The molecule has 1 aliphatic carbocycles. The summed E-state index contributed by atoms with van der Waals surface area (Å²) in [6.45, 7) is 3.96. The van der Waals surface area contributed by atoms with E-state index < -0.39 is 0 Å². The zero-order valence-electron chi connectivity index (χ0n) is 16.1. The molecule has 1 fully saturated rings. The zero-order valence-corrected chi connectivity index (χ0v) is 16.1. The first-order valence-electron chi connectivity index (χ1n) is 9.77. The third-order valence-corrected chi connectivity index (χ3v) is 4.59. The highest BCUT2D eigenvalue weighted by Crippen LogP contribution is 2.21. The summed E-state index contributed by atoms with van der Waals surface area (Å²) in [5.74, 6) is 1.24. The van der Waals surface area contributed by atoms with Gasteiger partial charge in [0.15, 0.2) is 0 Å². The van der Waals surface area contributed by atoms with E-state index in [9.17, 15) is 4.79 Å². The van der Waals surface area contributed by atoms with Gasteiger partial charge in [0.1, 0.15) is 23.6 Å². The summed E-state index contributed by atoms with van der Waals surface area (Å²) in [6.07, 6.45) is 8.94. The van der Waals surface area contributed by atoms with Crippen LogP contribution in [0.25, 0.3) is 0 Å². The highest BCUT2D eigenvalue weighted by atomic mass is 16.5. The van der Waals surface area contributed by atoms with Gasteiger partial charge in [0, 0.05) is 17.8 Å². The molecule has 1 saturated carbocycles. The van der Waals surface area contributed by atoms with Gasteiger partial charge in [-0.25, -0.2) is 9.97 Å². The fourth-order valence-electron chi connectivity index (χ4n) is 3.28. The minimum Gasteiger partial charge on any atom is -0.491 e. The Balaban J connectivity index is 1.61. The van der Waals surface area contributed by atoms with Crippen LogP contribution in [0.1, 0.15) is 62.9 Å². The molecule has 0 radical (unpaired) electrons. The lowest BCUT2D eigenvalue weighted by Crippen LogP contribution is -2.20. The number of anilines is 2. The van der Waals surface area contributed by atoms with Gasteiger partial charge in [0.25, 0.3) is 5.91 Å². The molecular weight excluding hydrogens is 340 g/mol. The molecular formula is C21H28N4O2. The van der Waals surface area contributed by atoms with Gasteiger partial charge >= 0.3 is 0 Å². The first-order chi connectivity index (χ1) is 13.1. The number of nitrogens with zero attached hydrogens (tertiary/aromatic N) is 2. The van der Waals surface area contributed by atoms with E-state index in [4.69, 9.17) is 4.74 Å². The minimum atomic E-state index is -0.251. The van der Waals surface area contributed by atoms with Gasteiger partial charge in [-0.05, 0) is 51.0 Å². The van der Waals surface area contributed by atoms with Crippen LogP contribution in [0.2, 0.25) is 0 Å². The Bertz CT molecular complexity index is 738. The average Bonchev–Trinajstić information content (AvgIpc) is 2.92. The molecule has 6 heteroatoms. The van der Waals surface area contributed by atoms with E-state index in [1.54, 1.807) is 6.07 Å². The molecule has 0 aliphatic heterocycles. The summed E-state index contributed by atoms with van der Waals surface area (Å²) in [7, 11) is 0. The van der Waals surface area contributed by atoms with Crippen LogP contribution in [0.3, 0.4) is 0 Å². The van der Waals surface area contributed by atoms with Gasteiger partial charge < -0.3 is 15.4 Å². The summed E-state index contributed by atoms with van der Waals surface area (Å²) >= 11 is 0. The van der Waals surface area contributed by atoms with Crippen LogP contribution in [-0.2, 0) is 0 Å². The lowest BCUT2D eigenvalue weighted by molar-refractivity contribution is 0.102. The number of rotatable bonds is 6. The maximum absolute atomic E-state index is 12.5. The Labute approximate surface area is 160 Å². The van der Waals surface area contributed by atoms with Crippen LogP contribution >= 0.6 is 0 Å². The van der Waals surface area contributed by atoms with Crippen molar-refractivity contribution in [2.75, 3.05) is 10.6 Å². The second kappa shape index (κ2) is 9.35. The van der Waals surface area contributed by atoms with E-state index in [2.05, 4.69) is 20.6 Å². The molecule has 0 atom stereocenters. The van der Waals surface area contributed by atoms with Crippen molar-refractivity contribution in [2.24, 2.45) is 0 Å². The van der Waals surface area contributed by atoms with Crippen LogP contribution in [0.15, 0.2) is 36.7 Å². The van der Waals surface area contributed by atoms with E-state index >= 15 is 0 Å². The average molecular weight is 368 g/mol. The van der Waals surface area contributed by atoms with Crippen LogP contribution in [-0.4, -0.2) is 28.0 Å². The molecule has 1 aliphatic rings. The number of hydrogen-bond donors (Lipinski definition) is 2. The largest absolute Gasteiger partial charge is 0.491 e. The van der Waals surface area contributed by atoms with Gasteiger partial charge in [-0.2, -0.15) is 0 Å². The monoisotopic (exact) mass is 368 g/mol. The number of aromatic nitrogens is 2. The summed E-state index contributed by atoms with van der Waals surface area (Å²) in [5, 5.41) is 6.33. The summed E-state index contributed by atoms with van der Waals surface area (Å²) < 4.78 is 5.61. The number of ether oxygens (including phenoxy) is 1. The molecule has 6 nitrogen and oxygen atoms in total. The van der Waals surface area contributed by atoms with Crippen LogP contribution < -0.4 is 15.4 Å². The van der Waals surface area contributed by atoms with Crippen molar-refractivity contribution < 1.29 is 9.53 Å². The molecule has 0 spiro atoms. The van der Waals surface area contributed by atoms with Crippen molar-refractivity contribution in [3.8, 4) is 5.75 Å². The predicted molar refractivity (Wildman–Crippen MR) is 107 cm³/mol. The quantitative estimate of drug-likeness (QED) is 0.726. The molecule has 0 unspecified atom stereocenters. The smallest absolute Gasteiger partial charge is 0.274 e. The lowest BCUT2D eigenvalue weighted by atomic mass is 10.1. The highest BCUT2D eigenvalue weighted by Gasteiger charge is 2.14. The number of carbonyl (C=O) groups is 1. The first kappa shape index (κ1) is 19.1. The van der Waals surface area contributed by atoms with E-state index in [0.717, 1.165) is 18.6 Å². The van der Waals surface area contributed by atoms with E-state index in [0.29, 0.717) is 23.2 Å². The van der Waals surface area contributed by atoms with Crippen LogP contribution in [0, 0.1) is 0 Å². The van der Waals surface area contributed by atoms with Gasteiger partial charge in [-0.15, -0.1) is 0 Å². The fourth-order valence-corrected chi connectivity index (χ4v) is 3.28. The number of amides is 1. The molecule has 1 amide bonds. The maximum Gasteiger partial charge on any atom is 0.274 e. The third kappa shape index (κ3) is 5.94. The zero-order chi connectivity index (χ0) is 19.1. The minimum absolute atomic E-state index is 0.117. The van der Waals surface area contributed by atoms with Crippen LogP contribution in [0.5, 0.6) is 5.75 Å². The Morgan fingerprint density at radius 2 is 1.78 bits per heavy atom. The number of hydrogen-bond acceptors (Lipinski definition) is 5. The highest BCUT2D eigenvalue weighted by molar-refractivity contribution is 6.03. The number of carbonyl (C=O) groups excluding carboxylic acids is 1. The molecule has 144 valence electrons. The van der Waals surface area contributed by atoms with Crippen molar-refractivity contribution in [3.63, 3.8) is 0 Å². The Morgan fingerprint density at radius 3 is 2.44 bits per heavy atom. The Morgan fingerprint density at radius 1 is 1.07 bits per heavy atom. The maximum atomic E-state index is 12.5. The number of nitrogens with one attached hydrogen (secondary N) is 2. The third-order valence-electron chi connectivity index (χ3n) is 4.59. The van der Waals surface area contributed by atoms with Crippen molar-refractivity contribution in [1.82, 2.24) is 9.97 Å². The number of benzene rings is 1. The van der Waals surface area contributed by atoms with Crippen molar-refractivity contribution in [1.29, 1.82) is 0 Å². The molecule has 1 aromatic carbocycles. The lowest BCUT2D eigenvalue weighted by Gasteiger charge is -2.17. The predicted octanol–water partition coefficient (Wildman–Crippen LogP) is 4.65. The molecule has 0 bridgehead atoms.